The van der Waals surface area contributed by atoms with Crippen molar-refractivity contribution >= 4 is 0 Å². The monoisotopic (exact) mass is 208 g/mol. The van der Waals surface area contributed by atoms with Crippen molar-refractivity contribution in [1.29, 1.82) is 0 Å². The van der Waals surface area contributed by atoms with Crippen molar-refractivity contribution in [3.8, 4) is 0 Å². The van der Waals surface area contributed by atoms with E-state index in [2.05, 4.69) is 38.1 Å². The van der Waals surface area contributed by atoms with Crippen LogP contribution >= 0.6 is 0 Å². The van der Waals surface area contributed by atoms with Crippen molar-refractivity contribution in [3.05, 3.63) is 35.4 Å². The topological polar surface area (TPSA) is 29.5 Å². The number of hydrogen-bond acceptors (Lipinski definition) is 2. The Morgan fingerprint density at radius 1 is 1.20 bits per heavy atom. The quantitative estimate of drug-likeness (QED) is 0.803. The molecule has 0 saturated carbocycles. The maximum Gasteiger partial charge on any atom is 0.0553 e. The summed E-state index contributed by atoms with van der Waals surface area (Å²) in [5.41, 5.74) is 2.49. The summed E-state index contributed by atoms with van der Waals surface area (Å²) >= 11 is 0. The molecule has 0 aromatic heterocycles. The first-order valence-electron chi connectivity index (χ1n) is 5.29. The lowest BCUT2D eigenvalue weighted by molar-refractivity contribution is 0.146. The molecule has 0 aliphatic heterocycles. The molecule has 1 aromatic rings. The van der Waals surface area contributed by atoms with Crippen LogP contribution in [0.4, 0.5) is 0 Å². The van der Waals surface area contributed by atoms with Crippen molar-refractivity contribution in [2.75, 3.05) is 20.3 Å². The second-order valence-corrected chi connectivity index (χ2v) is 4.49. The highest BCUT2D eigenvalue weighted by molar-refractivity contribution is 5.28. The molecule has 2 heteroatoms. The average molecular weight is 208 g/mol. The standard InChI is InChI=1S/C13H20O2/c1-13(2,10-15-3)12-6-4-11(5-7-12)8-9-14/h4-7,14H,8-10H2,1-3H3. The molecule has 2 nitrogen and oxygen atoms in total. The Balaban J connectivity index is 2.78. The van der Waals surface area contributed by atoms with Gasteiger partial charge >= 0.3 is 0 Å². The van der Waals surface area contributed by atoms with Gasteiger partial charge in [-0.2, -0.15) is 0 Å². The number of methoxy groups -OCH3 is 1. The minimum Gasteiger partial charge on any atom is -0.396 e. The molecular formula is C13H20O2. The van der Waals surface area contributed by atoms with Crippen LogP contribution in [-0.4, -0.2) is 25.4 Å². The summed E-state index contributed by atoms with van der Waals surface area (Å²) in [6, 6.07) is 8.37. The highest BCUT2D eigenvalue weighted by atomic mass is 16.5. The lowest BCUT2D eigenvalue weighted by Crippen LogP contribution is -2.23. The first-order valence-corrected chi connectivity index (χ1v) is 5.29. The van der Waals surface area contributed by atoms with E-state index in [1.807, 2.05) is 0 Å². The summed E-state index contributed by atoms with van der Waals surface area (Å²) in [6.07, 6.45) is 0.727. The molecule has 0 heterocycles. The smallest absolute Gasteiger partial charge is 0.0553 e. The second kappa shape index (κ2) is 5.29. The van der Waals surface area contributed by atoms with Crippen LogP contribution in [0, 0.1) is 0 Å². The van der Waals surface area contributed by atoms with Crippen LogP contribution in [0.1, 0.15) is 25.0 Å². The Labute approximate surface area is 91.9 Å². The fourth-order valence-corrected chi connectivity index (χ4v) is 1.70. The fraction of sp³-hybridized carbons (Fsp3) is 0.538. The van der Waals surface area contributed by atoms with E-state index in [0.29, 0.717) is 6.61 Å². The molecule has 0 spiro atoms. The molecule has 15 heavy (non-hydrogen) atoms. The third-order valence-electron chi connectivity index (χ3n) is 2.64. The molecular weight excluding hydrogens is 188 g/mol. The number of aliphatic hydroxyl groups excluding tert-OH is 1. The first-order chi connectivity index (χ1) is 7.10. The van der Waals surface area contributed by atoms with Gasteiger partial charge in [-0.15, -0.1) is 0 Å². The minimum absolute atomic E-state index is 0.0481. The van der Waals surface area contributed by atoms with E-state index in [-0.39, 0.29) is 12.0 Å². The SMILES string of the molecule is COCC(C)(C)c1ccc(CCO)cc1. The Bertz CT molecular complexity index is 288. The zero-order valence-electron chi connectivity index (χ0n) is 9.79. The Morgan fingerprint density at radius 2 is 1.80 bits per heavy atom. The molecule has 0 saturated heterocycles. The summed E-state index contributed by atoms with van der Waals surface area (Å²) in [7, 11) is 1.72. The van der Waals surface area contributed by atoms with Crippen LogP contribution in [0.25, 0.3) is 0 Å². The molecule has 0 atom stereocenters. The van der Waals surface area contributed by atoms with Crippen LogP contribution < -0.4 is 0 Å². The van der Waals surface area contributed by atoms with Gasteiger partial charge in [-0.25, -0.2) is 0 Å². The molecule has 1 rings (SSSR count). The summed E-state index contributed by atoms with van der Waals surface area (Å²) in [5.74, 6) is 0. The molecule has 0 fully saturated rings. The molecule has 1 N–H and O–H groups in total. The van der Waals surface area contributed by atoms with Crippen molar-refractivity contribution in [2.24, 2.45) is 0 Å². The van der Waals surface area contributed by atoms with Gasteiger partial charge in [-0.3, -0.25) is 0 Å². The molecule has 0 bridgehead atoms. The number of rotatable bonds is 5. The van der Waals surface area contributed by atoms with E-state index < -0.39 is 0 Å². The highest BCUT2D eigenvalue weighted by Gasteiger charge is 2.19. The van der Waals surface area contributed by atoms with E-state index in [1.165, 1.54) is 11.1 Å². The van der Waals surface area contributed by atoms with Crippen molar-refractivity contribution in [2.45, 2.75) is 25.7 Å². The molecule has 0 amide bonds. The minimum atomic E-state index is 0.0481. The van der Waals surface area contributed by atoms with Gasteiger partial charge in [0, 0.05) is 19.1 Å². The lowest BCUT2D eigenvalue weighted by Gasteiger charge is -2.24. The molecule has 0 radical (unpaired) electrons. The van der Waals surface area contributed by atoms with Crippen molar-refractivity contribution < 1.29 is 9.84 Å². The van der Waals surface area contributed by atoms with Gasteiger partial charge in [-0.05, 0) is 17.5 Å². The van der Waals surface area contributed by atoms with E-state index in [0.717, 1.165) is 6.42 Å². The van der Waals surface area contributed by atoms with Crippen LogP contribution in [0.5, 0.6) is 0 Å². The van der Waals surface area contributed by atoms with Gasteiger partial charge in [0.2, 0.25) is 0 Å². The van der Waals surface area contributed by atoms with Gasteiger partial charge < -0.3 is 9.84 Å². The van der Waals surface area contributed by atoms with Crippen LogP contribution in [-0.2, 0) is 16.6 Å². The molecule has 84 valence electrons. The van der Waals surface area contributed by atoms with Gasteiger partial charge in [0.25, 0.3) is 0 Å². The maximum absolute atomic E-state index is 8.81. The molecule has 1 aromatic carbocycles. The number of aliphatic hydroxyl groups is 1. The molecule has 0 aliphatic rings. The van der Waals surface area contributed by atoms with Gasteiger partial charge in [-0.1, -0.05) is 38.1 Å². The predicted octanol–water partition coefficient (Wildman–Crippen LogP) is 2.15. The Hall–Kier alpha value is -0.860. The van der Waals surface area contributed by atoms with Crippen LogP contribution in [0.15, 0.2) is 24.3 Å². The van der Waals surface area contributed by atoms with Crippen LogP contribution in [0.3, 0.4) is 0 Å². The summed E-state index contributed by atoms with van der Waals surface area (Å²) in [6.45, 7) is 5.25. The predicted molar refractivity (Wildman–Crippen MR) is 62.1 cm³/mol. The third-order valence-corrected chi connectivity index (χ3v) is 2.64. The normalized spacial score (nSPS) is 11.7. The van der Waals surface area contributed by atoms with Crippen LogP contribution in [0.2, 0.25) is 0 Å². The van der Waals surface area contributed by atoms with Crippen molar-refractivity contribution in [3.63, 3.8) is 0 Å². The van der Waals surface area contributed by atoms with E-state index in [4.69, 9.17) is 9.84 Å². The zero-order valence-corrected chi connectivity index (χ0v) is 9.79. The summed E-state index contributed by atoms with van der Waals surface area (Å²) < 4.78 is 5.20. The number of ether oxygens (including phenoxy) is 1. The average Bonchev–Trinajstić information content (AvgIpc) is 2.19. The second-order valence-electron chi connectivity index (χ2n) is 4.49. The maximum atomic E-state index is 8.81. The zero-order chi connectivity index (χ0) is 11.3. The number of benzene rings is 1. The fourth-order valence-electron chi connectivity index (χ4n) is 1.70. The van der Waals surface area contributed by atoms with E-state index in [9.17, 15) is 0 Å². The third kappa shape index (κ3) is 3.33. The Kier molecular flexibility index (Phi) is 4.30. The summed E-state index contributed by atoms with van der Waals surface area (Å²) in [4.78, 5) is 0. The van der Waals surface area contributed by atoms with Gasteiger partial charge in [0.1, 0.15) is 0 Å². The summed E-state index contributed by atoms with van der Waals surface area (Å²) in [5, 5.41) is 8.81. The molecule has 0 unspecified atom stereocenters. The van der Waals surface area contributed by atoms with E-state index >= 15 is 0 Å². The Morgan fingerprint density at radius 3 is 2.27 bits per heavy atom. The largest absolute Gasteiger partial charge is 0.396 e. The van der Waals surface area contributed by atoms with Gasteiger partial charge in [0.15, 0.2) is 0 Å². The lowest BCUT2D eigenvalue weighted by atomic mass is 9.85. The number of hydrogen-bond donors (Lipinski definition) is 1. The highest BCUT2D eigenvalue weighted by Crippen LogP contribution is 2.23. The van der Waals surface area contributed by atoms with Crippen molar-refractivity contribution in [1.82, 2.24) is 0 Å². The molecule has 0 aliphatic carbocycles. The van der Waals surface area contributed by atoms with Gasteiger partial charge in [0.05, 0.1) is 6.61 Å². The van der Waals surface area contributed by atoms with E-state index in [1.54, 1.807) is 7.11 Å². The first kappa shape index (κ1) is 12.2.